The van der Waals surface area contributed by atoms with Gasteiger partial charge in [0.15, 0.2) is 5.84 Å². The summed E-state index contributed by atoms with van der Waals surface area (Å²) in [6, 6.07) is 6.71. The van der Waals surface area contributed by atoms with Crippen molar-refractivity contribution in [1.29, 1.82) is 0 Å². The number of amidine groups is 1. The third kappa shape index (κ3) is 2.98. The van der Waals surface area contributed by atoms with Crippen LogP contribution in [0, 0.1) is 10.1 Å². The molecule has 0 radical (unpaired) electrons. The number of fused-ring (bicyclic) bond motifs is 2. The van der Waals surface area contributed by atoms with Crippen molar-refractivity contribution in [3.8, 4) is 5.75 Å². The van der Waals surface area contributed by atoms with Crippen molar-refractivity contribution in [2.75, 3.05) is 12.4 Å². The number of ether oxygens (including phenoxy) is 1. The number of amides is 2. The summed E-state index contributed by atoms with van der Waals surface area (Å²) in [5.41, 5.74) is -0.140. The Morgan fingerprint density at radius 3 is 2.79 bits per heavy atom. The minimum Gasteiger partial charge on any atom is -0.497 e. The van der Waals surface area contributed by atoms with Gasteiger partial charge in [-0.15, -0.1) is 5.10 Å². The summed E-state index contributed by atoms with van der Waals surface area (Å²) in [5.74, 6) is 1.17. The second-order valence-electron chi connectivity index (χ2n) is 6.99. The van der Waals surface area contributed by atoms with E-state index in [1.54, 1.807) is 42.4 Å². The van der Waals surface area contributed by atoms with Gasteiger partial charge in [-0.05, 0) is 43.9 Å². The van der Waals surface area contributed by atoms with Crippen molar-refractivity contribution in [3.63, 3.8) is 0 Å². The molecule has 1 aromatic carbocycles. The number of anilines is 1. The number of allylic oxidation sites excluding steroid dienone is 1. The first-order chi connectivity index (χ1) is 13.5. The number of nitrogens with zero attached hydrogens (tertiary/aromatic N) is 4. The van der Waals surface area contributed by atoms with E-state index in [-0.39, 0.29) is 11.7 Å². The van der Waals surface area contributed by atoms with Crippen LogP contribution in [0.2, 0.25) is 0 Å². The maximum Gasteiger partial charge on any atom is 0.344 e. The number of urea groups is 1. The molecule has 1 saturated carbocycles. The van der Waals surface area contributed by atoms with Gasteiger partial charge in [0.2, 0.25) is 0 Å². The van der Waals surface area contributed by atoms with Crippen LogP contribution in [0.15, 0.2) is 53.4 Å². The summed E-state index contributed by atoms with van der Waals surface area (Å²) < 4.78 is 5.20. The standard InChI is InChI=1S/C19H21N5O4/c1-28-16-7-5-6-14(12-16)20-18(25)23-19(10-3-2-4-11-19)22-13-15(24(26)27)8-9-17(22)21-23/h5-9,12-13H,2-4,10-11H2,1H3,(H,20,25). The molecule has 1 N–H and O–H groups in total. The fourth-order valence-electron chi connectivity index (χ4n) is 3.98. The van der Waals surface area contributed by atoms with Crippen molar-refractivity contribution in [2.45, 2.75) is 37.8 Å². The third-order valence-electron chi connectivity index (χ3n) is 5.34. The highest BCUT2D eigenvalue weighted by atomic mass is 16.6. The van der Waals surface area contributed by atoms with Crippen molar-refractivity contribution in [1.82, 2.24) is 9.91 Å². The lowest BCUT2D eigenvalue weighted by molar-refractivity contribution is -0.420. The van der Waals surface area contributed by atoms with Gasteiger partial charge in [0.1, 0.15) is 11.4 Å². The van der Waals surface area contributed by atoms with Crippen LogP contribution in [0.5, 0.6) is 5.75 Å². The maximum atomic E-state index is 13.1. The first-order valence-electron chi connectivity index (χ1n) is 9.21. The van der Waals surface area contributed by atoms with E-state index in [1.807, 2.05) is 0 Å². The molecule has 0 aromatic heterocycles. The largest absolute Gasteiger partial charge is 0.497 e. The first-order valence-corrected chi connectivity index (χ1v) is 9.21. The van der Waals surface area contributed by atoms with Gasteiger partial charge >= 0.3 is 6.03 Å². The number of hydrogen-bond donors (Lipinski definition) is 1. The Morgan fingerprint density at radius 2 is 2.07 bits per heavy atom. The second kappa shape index (κ2) is 6.99. The summed E-state index contributed by atoms with van der Waals surface area (Å²) in [5, 5.41) is 20.1. The summed E-state index contributed by atoms with van der Waals surface area (Å²) in [7, 11) is 1.56. The normalized spacial score (nSPS) is 19.8. The van der Waals surface area contributed by atoms with Crippen LogP contribution in [-0.4, -0.2) is 39.5 Å². The Labute approximate surface area is 162 Å². The summed E-state index contributed by atoms with van der Waals surface area (Å²) in [6.07, 6.45) is 8.80. The van der Waals surface area contributed by atoms with Crippen LogP contribution >= 0.6 is 0 Å². The lowest BCUT2D eigenvalue weighted by Crippen LogP contribution is -2.57. The second-order valence-corrected chi connectivity index (χ2v) is 6.99. The fourth-order valence-corrected chi connectivity index (χ4v) is 3.98. The van der Waals surface area contributed by atoms with Crippen LogP contribution in [-0.2, 0) is 0 Å². The predicted molar refractivity (Wildman–Crippen MR) is 103 cm³/mol. The van der Waals surface area contributed by atoms with E-state index in [9.17, 15) is 14.9 Å². The molecule has 0 unspecified atom stereocenters. The van der Waals surface area contributed by atoms with E-state index < -0.39 is 10.6 Å². The molecule has 0 atom stereocenters. The highest BCUT2D eigenvalue weighted by molar-refractivity contribution is 6.00. The Bertz CT molecular complexity index is 901. The molecule has 2 heterocycles. The fraction of sp³-hybridized carbons (Fsp3) is 0.368. The zero-order valence-electron chi connectivity index (χ0n) is 15.5. The van der Waals surface area contributed by atoms with Crippen LogP contribution in [0.4, 0.5) is 10.5 Å². The number of benzene rings is 1. The van der Waals surface area contributed by atoms with Crippen molar-refractivity contribution < 1.29 is 14.5 Å². The highest BCUT2D eigenvalue weighted by Crippen LogP contribution is 2.43. The molecule has 28 heavy (non-hydrogen) atoms. The molecule has 1 spiro atoms. The molecular formula is C19H21N5O4. The minimum atomic E-state index is -0.720. The van der Waals surface area contributed by atoms with Gasteiger partial charge in [0.05, 0.1) is 18.2 Å². The number of hydrazone groups is 1. The molecule has 2 aliphatic heterocycles. The monoisotopic (exact) mass is 383 g/mol. The molecule has 4 rings (SSSR count). The van der Waals surface area contributed by atoms with E-state index in [2.05, 4.69) is 10.4 Å². The summed E-state index contributed by atoms with van der Waals surface area (Å²) >= 11 is 0. The SMILES string of the molecule is COc1cccc(NC(=O)N2N=C3C=CC([N+](=O)[O-])=CN3C23CCCCC3)c1. The van der Waals surface area contributed by atoms with Gasteiger partial charge in [-0.25, -0.2) is 4.79 Å². The van der Waals surface area contributed by atoms with Gasteiger partial charge in [0.25, 0.3) is 5.70 Å². The minimum absolute atomic E-state index is 0.0149. The number of nitro groups is 1. The molecular weight excluding hydrogens is 362 g/mol. The first kappa shape index (κ1) is 18.0. The number of rotatable bonds is 3. The lowest BCUT2D eigenvalue weighted by Gasteiger charge is -2.44. The van der Waals surface area contributed by atoms with Crippen LogP contribution < -0.4 is 10.1 Å². The molecule has 0 saturated heterocycles. The van der Waals surface area contributed by atoms with Gasteiger partial charge in [0, 0.05) is 17.8 Å². The van der Waals surface area contributed by atoms with E-state index in [0.717, 1.165) is 19.3 Å². The zero-order chi connectivity index (χ0) is 19.7. The molecule has 2 amide bonds. The number of methoxy groups -OCH3 is 1. The van der Waals surface area contributed by atoms with E-state index >= 15 is 0 Å². The lowest BCUT2D eigenvalue weighted by atomic mass is 9.87. The maximum absolute atomic E-state index is 13.1. The van der Waals surface area contributed by atoms with E-state index in [4.69, 9.17) is 4.74 Å². The number of nitrogens with one attached hydrogen (secondary N) is 1. The van der Waals surface area contributed by atoms with Gasteiger partial charge < -0.3 is 10.1 Å². The third-order valence-corrected chi connectivity index (χ3v) is 5.34. The summed E-state index contributed by atoms with van der Waals surface area (Å²) in [4.78, 5) is 25.7. The molecule has 1 aliphatic carbocycles. The molecule has 9 nitrogen and oxygen atoms in total. The Balaban J connectivity index is 1.65. The Morgan fingerprint density at radius 1 is 1.29 bits per heavy atom. The Kier molecular flexibility index (Phi) is 4.50. The zero-order valence-corrected chi connectivity index (χ0v) is 15.5. The van der Waals surface area contributed by atoms with E-state index in [1.165, 1.54) is 17.3 Å². The van der Waals surface area contributed by atoms with E-state index in [0.29, 0.717) is 30.1 Å². The van der Waals surface area contributed by atoms with Crippen LogP contribution in [0.25, 0.3) is 0 Å². The average Bonchev–Trinajstić information content (AvgIpc) is 3.02. The van der Waals surface area contributed by atoms with Crippen molar-refractivity contribution in [3.05, 3.63) is 58.4 Å². The van der Waals surface area contributed by atoms with Crippen LogP contribution in [0.1, 0.15) is 32.1 Å². The van der Waals surface area contributed by atoms with Gasteiger partial charge in [-0.2, -0.15) is 5.01 Å². The molecule has 146 valence electrons. The van der Waals surface area contributed by atoms with Crippen molar-refractivity contribution in [2.24, 2.45) is 5.10 Å². The quantitative estimate of drug-likeness (QED) is 0.636. The molecule has 9 heteroatoms. The number of carbonyl (C=O) groups excluding carboxylic acids is 1. The molecule has 1 aromatic rings. The number of carbonyl (C=O) groups is 1. The van der Waals surface area contributed by atoms with Crippen molar-refractivity contribution >= 4 is 17.6 Å². The molecule has 1 fully saturated rings. The average molecular weight is 383 g/mol. The topological polar surface area (TPSA) is 100 Å². The van der Waals surface area contributed by atoms with Gasteiger partial charge in [-0.1, -0.05) is 12.5 Å². The highest BCUT2D eigenvalue weighted by Gasteiger charge is 2.52. The smallest absolute Gasteiger partial charge is 0.344 e. The Hall–Kier alpha value is -3.36. The summed E-state index contributed by atoms with van der Waals surface area (Å²) in [6.45, 7) is 0. The van der Waals surface area contributed by atoms with Gasteiger partial charge in [-0.3, -0.25) is 15.0 Å². The van der Waals surface area contributed by atoms with Crippen LogP contribution in [0.3, 0.4) is 0 Å². The molecule has 0 bridgehead atoms. The molecule has 3 aliphatic rings. The number of hydrogen-bond acceptors (Lipinski definition) is 6. The predicted octanol–water partition coefficient (Wildman–Crippen LogP) is 3.51.